The van der Waals surface area contributed by atoms with E-state index in [1.165, 1.54) is 6.08 Å². The Balaban J connectivity index is 1.34. The standard InChI is InChI=1S/C26H19Cl2F5N4OS/c27-15-4-1-14(2-5-15)3-8-19(38)35-26(39)34-16-6-7-18(17(28)13-16)36-9-11-37(12-10-36)25-23(32)21(30)20(29)22(31)24(25)33/h1-8,13H,9-12H2,(H2,34,35,38,39)/b8-3+. The van der Waals surface area contributed by atoms with Crippen LogP contribution in [0.25, 0.3) is 6.08 Å². The Morgan fingerprint density at radius 2 is 1.38 bits per heavy atom. The van der Waals surface area contributed by atoms with Gasteiger partial charge in [0.2, 0.25) is 11.7 Å². The number of hydrogen-bond donors (Lipinski definition) is 2. The van der Waals surface area contributed by atoms with E-state index in [0.29, 0.717) is 21.4 Å². The molecule has 0 aromatic heterocycles. The minimum atomic E-state index is -2.19. The summed E-state index contributed by atoms with van der Waals surface area (Å²) in [5, 5.41) is 6.32. The SMILES string of the molecule is O=C(/C=C/c1ccc(Cl)cc1)NC(=S)Nc1ccc(N2CCN(c3c(F)c(F)c(F)c(F)c3F)CC2)c(Cl)c1. The van der Waals surface area contributed by atoms with Gasteiger partial charge in [0.15, 0.2) is 28.4 Å². The highest BCUT2D eigenvalue weighted by atomic mass is 35.5. The lowest BCUT2D eigenvalue weighted by atomic mass is 10.2. The van der Waals surface area contributed by atoms with Gasteiger partial charge in [0, 0.05) is 43.0 Å². The van der Waals surface area contributed by atoms with Gasteiger partial charge in [-0.05, 0) is 54.2 Å². The second-order valence-corrected chi connectivity index (χ2v) is 9.64. The van der Waals surface area contributed by atoms with Crippen molar-refractivity contribution in [2.45, 2.75) is 0 Å². The number of hydrogen-bond acceptors (Lipinski definition) is 4. The number of nitrogens with one attached hydrogen (secondary N) is 2. The van der Waals surface area contributed by atoms with Gasteiger partial charge in [-0.2, -0.15) is 0 Å². The monoisotopic (exact) mass is 600 g/mol. The van der Waals surface area contributed by atoms with Crippen LogP contribution in [-0.4, -0.2) is 37.2 Å². The Morgan fingerprint density at radius 3 is 1.97 bits per heavy atom. The average molecular weight is 601 g/mol. The summed E-state index contributed by atoms with van der Waals surface area (Å²) < 4.78 is 69.0. The molecule has 0 spiro atoms. The molecule has 0 radical (unpaired) electrons. The summed E-state index contributed by atoms with van der Waals surface area (Å²) in [7, 11) is 0. The zero-order chi connectivity index (χ0) is 28.3. The van der Waals surface area contributed by atoms with Gasteiger partial charge < -0.3 is 15.1 Å². The molecular weight excluding hydrogens is 582 g/mol. The molecule has 0 atom stereocenters. The van der Waals surface area contributed by atoms with E-state index in [0.717, 1.165) is 10.5 Å². The largest absolute Gasteiger partial charge is 0.367 e. The summed E-state index contributed by atoms with van der Waals surface area (Å²) in [6.45, 7) is 0.406. The number of nitrogens with zero attached hydrogens (tertiary/aromatic N) is 2. The molecule has 1 aliphatic heterocycles. The quantitative estimate of drug-likeness (QED) is 0.114. The fraction of sp³-hybridized carbons (Fsp3) is 0.154. The van der Waals surface area contributed by atoms with E-state index in [-0.39, 0.29) is 31.3 Å². The lowest BCUT2D eigenvalue weighted by Crippen LogP contribution is -2.47. The van der Waals surface area contributed by atoms with Gasteiger partial charge in [0.05, 0.1) is 10.7 Å². The highest BCUT2D eigenvalue weighted by Gasteiger charge is 2.31. The summed E-state index contributed by atoms with van der Waals surface area (Å²) in [6.07, 6.45) is 2.92. The van der Waals surface area contributed by atoms with E-state index in [2.05, 4.69) is 10.6 Å². The van der Waals surface area contributed by atoms with Gasteiger partial charge in [-0.3, -0.25) is 10.1 Å². The maximum Gasteiger partial charge on any atom is 0.250 e. The third-order valence-electron chi connectivity index (χ3n) is 5.86. The molecule has 1 saturated heterocycles. The zero-order valence-electron chi connectivity index (χ0n) is 19.9. The van der Waals surface area contributed by atoms with Crippen molar-refractivity contribution in [2.24, 2.45) is 0 Å². The Bertz CT molecular complexity index is 1420. The number of piperazine rings is 1. The minimum absolute atomic E-state index is 0.00562. The second kappa shape index (κ2) is 12.2. The van der Waals surface area contributed by atoms with Gasteiger partial charge in [-0.1, -0.05) is 35.3 Å². The molecule has 204 valence electrons. The lowest BCUT2D eigenvalue weighted by Gasteiger charge is -2.38. The normalized spacial score (nSPS) is 13.6. The van der Waals surface area contributed by atoms with Crippen molar-refractivity contribution < 1.29 is 26.7 Å². The third kappa shape index (κ3) is 6.60. The number of amides is 1. The number of halogens is 7. The highest BCUT2D eigenvalue weighted by Crippen LogP contribution is 2.33. The molecule has 0 saturated carbocycles. The molecule has 3 aromatic carbocycles. The van der Waals surface area contributed by atoms with E-state index >= 15 is 0 Å². The molecular formula is C26H19Cl2F5N4OS. The molecule has 3 aromatic rings. The summed E-state index contributed by atoms with van der Waals surface area (Å²) in [4.78, 5) is 15.1. The van der Waals surface area contributed by atoms with Crippen molar-refractivity contribution in [3.63, 3.8) is 0 Å². The van der Waals surface area contributed by atoms with Crippen LogP contribution < -0.4 is 20.4 Å². The first-order valence-corrected chi connectivity index (χ1v) is 12.6. The molecule has 1 amide bonds. The fourth-order valence-electron chi connectivity index (χ4n) is 3.94. The third-order valence-corrected chi connectivity index (χ3v) is 6.62. The molecule has 2 N–H and O–H groups in total. The Labute approximate surface area is 235 Å². The minimum Gasteiger partial charge on any atom is -0.367 e. The van der Waals surface area contributed by atoms with Crippen molar-refractivity contribution in [1.29, 1.82) is 0 Å². The summed E-state index contributed by atoms with van der Waals surface area (Å²) >= 11 is 17.5. The van der Waals surface area contributed by atoms with Gasteiger partial charge in [-0.15, -0.1) is 0 Å². The number of carbonyl (C=O) groups is 1. The van der Waals surface area contributed by atoms with Crippen LogP contribution in [0, 0.1) is 29.1 Å². The van der Waals surface area contributed by atoms with Crippen LogP contribution in [-0.2, 0) is 4.79 Å². The Hall–Kier alpha value is -3.41. The molecule has 0 unspecified atom stereocenters. The van der Waals surface area contributed by atoms with Crippen LogP contribution in [0.5, 0.6) is 0 Å². The molecule has 1 heterocycles. The summed E-state index contributed by atoms with van der Waals surface area (Å²) in [6, 6.07) is 11.8. The number of rotatable bonds is 5. The van der Waals surface area contributed by atoms with E-state index in [9.17, 15) is 26.7 Å². The van der Waals surface area contributed by atoms with Crippen molar-refractivity contribution in [3.05, 3.63) is 93.2 Å². The van der Waals surface area contributed by atoms with E-state index in [1.54, 1.807) is 48.5 Å². The first kappa shape index (κ1) is 28.6. The maximum atomic E-state index is 14.2. The molecule has 0 bridgehead atoms. The molecule has 1 fully saturated rings. The molecule has 4 rings (SSSR count). The first-order chi connectivity index (χ1) is 18.5. The first-order valence-electron chi connectivity index (χ1n) is 11.4. The Kier molecular flexibility index (Phi) is 8.94. The number of anilines is 3. The molecule has 0 aliphatic carbocycles. The van der Waals surface area contributed by atoms with Crippen LogP contribution in [0.15, 0.2) is 48.5 Å². The summed E-state index contributed by atoms with van der Waals surface area (Å²) in [5.74, 6) is -10.3. The molecule has 13 heteroatoms. The van der Waals surface area contributed by atoms with Gasteiger partial charge in [0.25, 0.3) is 0 Å². The predicted octanol–water partition coefficient (Wildman–Crippen LogP) is 6.54. The topological polar surface area (TPSA) is 47.6 Å². The number of thiocarbonyl (C=S) groups is 1. The zero-order valence-corrected chi connectivity index (χ0v) is 22.2. The van der Waals surface area contributed by atoms with E-state index in [4.69, 9.17) is 35.4 Å². The van der Waals surface area contributed by atoms with Crippen molar-refractivity contribution in [1.82, 2.24) is 5.32 Å². The van der Waals surface area contributed by atoms with Crippen molar-refractivity contribution in [3.8, 4) is 0 Å². The predicted molar refractivity (Wildman–Crippen MR) is 147 cm³/mol. The van der Waals surface area contributed by atoms with E-state index in [1.807, 2.05) is 4.90 Å². The lowest BCUT2D eigenvalue weighted by molar-refractivity contribution is -0.115. The van der Waals surface area contributed by atoms with Crippen molar-refractivity contribution in [2.75, 3.05) is 41.3 Å². The van der Waals surface area contributed by atoms with Crippen LogP contribution in [0.4, 0.5) is 39.0 Å². The van der Waals surface area contributed by atoms with Gasteiger partial charge in [-0.25, -0.2) is 22.0 Å². The molecule has 5 nitrogen and oxygen atoms in total. The summed E-state index contributed by atoms with van der Waals surface area (Å²) in [5.41, 5.74) is 0.926. The van der Waals surface area contributed by atoms with Crippen LogP contribution in [0.3, 0.4) is 0 Å². The maximum absolute atomic E-state index is 14.2. The van der Waals surface area contributed by atoms with Gasteiger partial charge >= 0.3 is 0 Å². The molecule has 39 heavy (non-hydrogen) atoms. The van der Waals surface area contributed by atoms with E-state index < -0.39 is 40.7 Å². The average Bonchev–Trinajstić information content (AvgIpc) is 2.91. The highest BCUT2D eigenvalue weighted by molar-refractivity contribution is 7.80. The van der Waals surface area contributed by atoms with Crippen molar-refractivity contribution >= 4 is 69.6 Å². The van der Waals surface area contributed by atoms with Gasteiger partial charge in [0.1, 0.15) is 5.69 Å². The van der Waals surface area contributed by atoms with Crippen LogP contribution >= 0.6 is 35.4 Å². The number of benzene rings is 3. The second-order valence-electron chi connectivity index (χ2n) is 8.39. The Morgan fingerprint density at radius 1 is 0.821 bits per heavy atom. The number of carbonyl (C=O) groups excluding carboxylic acids is 1. The van der Waals surface area contributed by atoms with Crippen LogP contribution in [0.1, 0.15) is 5.56 Å². The smallest absolute Gasteiger partial charge is 0.250 e. The fourth-order valence-corrected chi connectivity index (χ4v) is 4.59. The van der Waals surface area contributed by atoms with Crippen LogP contribution in [0.2, 0.25) is 10.0 Å². The molecule has 1 aliphatic rings.